The van der Waals surface area contributed by atoms with Crippen LogP contribution in [0.4, 0.5) is 0 Å². The van der Waals surface area contributed by atoms with E-state index in [0.717, 1.165) is 63.6 Å². The van der Waals surface area contributed by atoms with Crippen LogP contribution in [0.3, 0.4) is 0 Å². The van der Waals surface area contributed by atoms with E-state index in [9.17, 15) is 9.90 Å². The number of nitrogens with zero attached hydrogens (tertiary/aromatic N) is 3. The van der Waals surface area contributed by atoms with Crippen LogP contribution in [0.1, 0.15) is 37.7 Å². The van der Waals surface area contributed by atoms with Crippen molar-refractivity contribution in [3.05, 3.63) is 29.8 Å². The zero-order valence-corrected chi connectivity index (χ0v) is 15.9. The van der Waals surface area contributed by atoms with E-state index < -0.39 is 0 Å². The molecule has 0 aromatic heterocycles. The number of piperazine rings is 1. The molecule has 26 heavy (non-hydrogen) atoms. The molecule has 1 amide bonds. The number of benzene rings is 1. The summed E-state index contributed by atoms with van der Waals surface area (Å²) in [7, 11) is 2.23. The number of carbonyl (C=O) groups is 1. The third kappa shape index (κ3) is 3.89. The number of phenolic OH excluding ortho intramolecular Hbond substituents is 1. The Morgan fingerprint density at radius 2 is 2.04 bits per heavy atom. The number of hydrogen-bond acceptors (Lipinski definition) is 4. The Bertz CT molecular complexity index is 660. The molecule has 1 aromatic carbocycles. The molecule has 4 rings (SSSR count). The molecule has 3 fully saturated rings. The Morgan fingerprint density at radius 1 is 1.19 bits per heavy atom. The van der Waals surface area contributed by atoms with Gasteiger partial charge in [-0.05, 0) is 56.3 Å². The van der Waals surface area contributed by atoms with Crippen LogP contribution >= 0.6 is 0 Å². The first-order valence-corrected chi connectivity index (χ1v) is 10.0. The van der Waals surface area contributed by atoms with Crippen molar-refractivity contribution in [2.45, 2.75) is 44.2 Å². The largest absolute Gasteiger partial charge is 0.508 e. The first-order chi connectivity index (χ1) is 12.5. The molecule has 5 heteroatoms. The summed E-state index contributed by atoms with van der Waals surface area (Å²) in [4.78, 5) is 19.7. The maximum atomic E-state index is 12.6. The van der Waals surface area contributed by atoms with Gasteiger partial charge in [0.15, 0.2) is 0 Å². The van der Waals surface area contributed by atoms with E-state index in [4.69, 9.17) is 0 Å². The van der Waals surface area contributed by atoms with E-state index in [0.29, 0.717) is 18.1 Å². The van der Waals surface area contributed by atoms with Gasteiger partial charge in [0.05, 0.1) is 0 Å². The van der Waals surface area contributed by atoms with Crippen LogP contribution in [-0.4, -0.2) is 71.0 Å². The Hall–Kier alpha value is -1.59. The highest BCUT2D eigenvalue weighted by Crippen LogP contribution is 2.35. The minimum Gasteiger partial charge on any atom is -0.508 e. The maximum absolute atomic E-state index is 12.6. The van der Waals surface area contributed by atoms with Crippen molar-refractivity contribution in [2.75, 3.05) is 39.8 Å². The predicted octanol–water partition coefficient (Wildman–Crippen LogP) is 2.30. The summed E-state index contributed by atoms with van der Waals surface area (Å²) in [5, 5.41) is 9.73. The van der Waals surface area contributed by atoms with E-state index in [1.54, 1.807) is 6.07 Å². The van der Waals surface area contributed by atoms with Crippen molar-refractivity contribution in [3.8, 4) is 5.75 Å². The first-order valence-electron chi connectivity index (χ1n) is 10.0. The quantitative estimate of drug-likeness (QED) is 0.898. The van der Waals surface area contributed by atoms with Crippen LogP contribution < -0.4 is 0 Å². The summed E-state index contributed by atoms with van der Waals surface area (Å²) in [6, 6.07) is 7.58. The Balaban J connectivity index is 1.44. The number of hydrogen-bond donors (Lipinski definition) is 1. The molecule has 0 bridgehead atoms. The second-order valence-corrected chi connectivity index (χ2v) is 8.56. The fourth-order valence-electron chi connectivity index (χ4n) is 4.63. The smallest absolute Gasteiger partial charge is 0.222 e. The molecule has 1 saturated carbocycles. The summed E-state index contributed by atoms with van der Waals surface area (Å²) in [6.45, 7) is 5.82. The Kier molecular flexibility index (Phi) is 4.93. The van der Waals surface area contributed by atoms with Crippen molar-refractivity contribution in [1.29, 1.82) is 0 Å². The van der Waals surface area contributed by atoms with Gasteiger partial charge in [-0.15, -0.1) is 0 Å². The summed E-state index contributed by atoms with van der Waals surface area (Å²) >= 11 is 0. The topological polar surface area (TPSA) is 47.0 Å². The summed E-state index contributed by atoms with van der Waals surface area (Å²) in [5.41, 5.74) is 1.26. The number of amides is 1. The van der Waals surface area contributed by atoms with Gasteiger partial charge >= 0.3 is 0 Å². The molecule has 142 valence electrons. The molecule has 5 nitrogen and oxygen atoms in total. The fourth-order valence-corrected chi connectivity index (χ4v) is 4.63. The van der Waals surface area contributed by atoms with E-state index in [-0.39, 0.29) is 5.54 Å². The zero-order chi connectivity index (χ0) is 18.1. The van der Waals surface area contributed by atoms with Gasteiger partial charge in [0, 0.05) is 51.2 Å². The molecule has 1 atom stereocenters. The van der Waals surface area contributed by atoms with Crippen molar-refractivity contribution < 1.29 is 9.90 Å². The van der Waals surface area contributed by atoms with Gasteiger partial charge in [0.2, 0.25) is 5.91 Å². The van der Waals surface area contributed by atoms with Crippen LogP contribution in [0.25, 0.3) is 0 Å². The van der Waals surface area contributed by atoms with Gasteiger partial charge in [-0.1, -0.05) is 12.1 Å². The number of carbonyl (C=O) groups excluding carboxylic acids is 1. The molecule has 0 unspecified atom stereocenters. The molecule has 3 aliphatic rings. The Morgan fingerprint density at radius 3 is 2.81 bits per heavy atom. The molecular weight excluding hydrogens is 326 g/mol. The fraction of sp³-hybridized carbons (Fsp3) is 0.667. The monoisotopic (exact) mass is 357 g/mol. The van der Waals surface area contributed by atoms with E-state index in [1.807, 2.05) is 12.1 Å². The van der Waals surface area contributed by atoms with E-state index in [1.165, 1.54) is 12.8 Å². The highest BCUT2D eigenvalue weighted by atomic mass is 16.3. The van der Waals surface area contributed by atoms with E-state index in [2.05, 4.69) is 27.8 Å². The second kappa shape index (κ2) is 7.20. The van der Waals surface area contributed by atoms with Crippen molar-refractivity contribution in [1.82, 2.24) is 14.7 Å². The lowest BCUT2D eigenvalue weighted by molar-refractivity contribution is -0.131. The van der Waals surface area contributed by atoms with Crippen LogP contribution in [0.15, 0.2) is 24.3 Å². The van der Waals surface area contributed by atoms with Crippen LogP contribution in [0.2, 0.25) is 0 Å². The van der Waals surface area contributed by atoms with Crippen LogP contribution in [0.5, 0.6) is 5.75 Å². The molecular formula is C21H31N3O2. The Labute approximate surface area is 156 Å². The van der Waals surface area contributed by atoms with Gasteiger partial charge in [-0.3, -0.25) is 14.6 Å². The molecule has 1 aromatic rings. The maximum Gasteiger partial charge on any atom is 0.222 e. The summed E-state index contributed by atoms with van der Waals surface area (Å²) < 4.78 is 0. The average Bonchev–Trinajstić information content (AvgIpc) is 3.44. The summed E-state index contributed by atoms with van der Waals surface area (Å²) in [5.74, 6) is 1.45. The van der Waals surface area contributed by atoms with Gasteiger partial charge in [0.1, 0.15) is 5.75 Å². The highest BCUT2D eigenvalue weighted by Gasteiger charge is 2.42. The highest BCUT2D eigenvalue weighted by molar-refractivity contribution is 5.76. The molecule has 2 heterocycles. The molecule has 1 spiro atoms. The van der Waals surface area contributed by atoms with Gasteiger partial charge in [-0.25, -0.2) is 0 Å². The molecule has 0 radical (unpaired) electrons. The number of phenols is 1. The number of likely N-dealkylation sites (tertiary alicyclic amines) is 1. The zero-order valence-electron chi connectivity index (χ0n) is 15.9. The standard InChI is InChI=1S/C21H31N3O2/c1-22-11-12-23(14-18-3-2-4-19(25)13-18)16-21(22)8-7-20(26)24(10-9-21)15-17-5-6-17/h2-4,13,17,25H,5-12,14-16H2,1H3/t21-/m1/s1. The van der Waals surface area contributed by atoms with Crippen LogP contribution in [0, 0.1) is 5.92 Å². The molecule has 2 aliphatic heterocycles. The third-order valence-corrected chi connectivity index (χ3v) is 6.58. The third-order valence-electron chi connectivity index (χ3n) is 6.58. The van der Waals surface area contributed by atoms with Crippen molar-refractivity contribution >= 4 is 5.91 Å². The SMILES string of the molecule is CN1CCN(Cc2cccc(O)c2)C[C@]12CCC(=O)N(CC1CC1)CC2. The first kappa shape index (κ1) is 17.8. The number of aromatic hydroxyl groups is 1. The predicted molar refractivity (Wildman–Crippen MR) is 102 cm³/mol. The van der Waals surface area contributed by atoms with Gasteiger partial charge in [-0.2, -0.15) is 0 Å². The minimum absolute atomic E-state index is 0.100. The number of likely N-dealkylation sites (N-methyl/N-ethyl adjacent to an activating group) is 1. The van der Waals surface area contributed by atoms with Crippen LogP contribution in [-0.2, 0) is 11.3 Å². The second-order valence-electron chi connectivity index (χ2n) is 8.56. The molecule has 1 N–H and O–H groups in total. The minimum atomic E-state index is 0.100. The lowest BCUT2D eigenvalue weighted by atomic mass is 9.86. The normalized spacial score (nSPS) is 28.5. The molecule has 1 aliphatic carbocycles. The van der Waals surface area contributed by atoms with Gasteiger partial charge in [0.25, 0.3) is 0 Å². The molecule has 2 saturated heterocycles. The lowest BCUT2D eigenvalue weighted by Crippen LogP contribution is -2.60. The van der Waals surface area contributed by atoms with Gasteiger partial charge < -0.3 is 10.0 Å². The lowest BCUT2D eigenvalue weighted by Gasteiger charge is -2.49. The number of rotatable bonds is 4. The van der Waals surface area contributed by atoms with Crippen molar-refractivity contribution in [3.63, 3.8) is 0 Å². The summed E-state index contributed by atoms with van der Waals surface area (Å²) in [6.07, 6.45) is 5.30. The van der Waals surface area contributed by atoms with Crippen molar-refractivity contribution in [2.24, 2.45) is 5.92 Å². The average molecular weight is 357 g/mol. The van der Waals surface area contributed by atoms with E-state index >= 15 is 0 Å².